The number of sulfonamides is 1. The Kier molecular flexibility index (Phi) is 4.46. The maximum absolute atomic E-state index is 11.6. The van der Waals surface area contributed by atoms with Gasteiger partial charge in [-0.15, -0.1) is 0 Å². The van der Waals surface area contributed by atoms with Gasteiger partial charge in [-0.25, -0.2) is 13.1 Å². The highest BCUT2D eigenvalue weighted by Gasteiger charge is 2.12. The van der Waals surface area contributed by atoms with Crippen LogP contribution in [0.25, 0.3) is 0 Å². The fourth-order valence-electron chi connectivity index (χ4n) is 1.59. The van der Waals surface area contributed by atoms with Crippen molar-refractivity contribution in [1.29, 1.82) is 0 Å². The van der Waals surface area contributed by atoms with Crippen LogP contribution in [0, 0.1) is 0 Å². The third-order valence-electron chi connectivity index (χ3n) is 2.50. The number of benzene rings is 1. The van der Waals surface area contributed by atoms with Crippen molar-refractivity contribution in [2.45, 2.75) is 24.8 Å². The molecule has 0 unspecified atom stereocenters. The average Bonchev–Trinajstić information content (AvgIpc) is 2.29. The number of rotatable bonds is 5. The van der Waals surface area contributed by atoms with Crippen molar-refractivity contribution < 1.29 is 8.42 Å². The molecule has 16 heavy (non-hydrogen) atoms. The molecular formula is C11H18N2O2S. The summed E-state index contributed by atoms with van der Waals surface area (Å²) < 4.78 is 25.6. The molecule has 0 heterocycles. The molecule has 2 N–H and O–H groups in total. The van der Waals surface area contributed by atoms with Crippen LogP contribution in [0.15, 0.2) is 23.1 Å². The summed E-state index contributed by atoms with van der Waals surface area (Å²) in [6.45, 7) is 2.73. The summed E-state index contributed by atoms with van der Waals surface area (Å²) in [6, 6.07) is 5.24. The predicted molar refractivity (Wildman–Crippen MR) is 64.8 cm³/mol. The fourth-order valence-corrected chi connectivity index (χ4v) is 2.37. The van der Waals surface area contributed by atoms with E-state index in [9.17, 15) is 8.42 Å². The highest BCUT2D eigenvalue weighted by atomic mass is 32.2. The second kappa shape index (κ2) is 5.43. The minimum absolute atomic E-state index is 0.317. The van der Waals surface area contributed by atoms with Crippen LogP contribution in [0.1, 0.15) is 18.1 Å². The molecule has 0 spiro atoms. The number of aryl methyl sites for hydroxylation is 1. The van der Waals surface area contributed by atoms with E-state index in [1.54, 1.807) is 12.1 Å². The monoisotopic (exact) mass is 242 g/mol. The zero-order valence-electron chi connectivity index (χ0n) is 9.87. The molecule has 0 radical (unpaired) electrons. The SMILES string of the molecule is CCc1ccc(S(=O)(=O)NC)cc1CNC. The van der Waals surface area contributed by atoms with Crippen LogP contribution in [0.3, 0.4) is 0 Å². The first-order chi connectivity index (χ1) is 7.55. The highest BCUT2D eigenvalue weighted by molar-refractivity contribution is 7.89. The summed E-state index contributed by atoms with van der Waals surface area (Å²) in [6.07, 6.45) is 0.900. The molecule has 0 bridgehead atoms. The van der Waals surface area contributed by atoms with Gasteiger partial charge in [0.15, 0.2) is 0 Å². The maximum Gasteiger partial charge on any atom is 0.240 e. The van der Waals surface area contributed by atoms with E-state index in [-0.39, 0.29) is 0 Å². The summed E-state index contributed by atoms with van der Waals surface area (Å²) in [5, 5.41) is 3.04. The van der Waals surface area contributed by atoms with Crippen molar-refractivity contribution in [3.8, 4) is 0 Å². The molecule has 1 aromatic carbocycles. The molecule has 4 nitrogen and oxygen atoms in total. The molecule has 1 aromatic rings. The molecule has 0 saturated heterocycles. The van der Waals surface area contributed by atoms with E-state index in [0.717, 1.165) is 12.0 Å². The Hall–Kier alpha value is -0.910. The first kappa shape index (κ1) is 13.2. The molecule has 0 aromatic heterocycles. The number of hydrogen-bond donors (Lipinski definition) is 2. The van der Waals surface area contributed by atoms with Gasteiger partial charge < -0.3 is 5.32 Å². The lowest BCUT2D eigenvalue weighted by Gasteiger charge is -2.10. The average molecular weight is 242 g/mol. The summed E-state index contributed by atoms with van der Waals surface area (Å²) in [5.41, 5.74) is 2.20. The van der Waals surface area contributed by atoms with Crippen LogP contribution in [-0.4, -0.2) is 22.5 Å². The summed E-state index contributed by atoms with van der Waals surface area (Å²) in [5.74, 6) is 0. The zero-order chi connectivity index (χ0) is 12.2. The van der Waals surface area contributed by atoms with Gasteiger partial charge in [-0.3, -0.25) is 0 Å². The summed E-state index contributed by atoms with van der Waals surface area (Å²) >= 11 is 0. The van der Waals surface area contributed by atoms with E-state index >= 15 is 0 Å². The molecule has 0 aliphatic heterocycles. The van der Waals surface area contributed by atoms with Gasteiger partial charge in [-0.2, -0.15) is 0 Å². The predicted octanol–water partition coefficient (Wildman–Crippen LogP) is 0.877. The van der Waals surface area contributed by atoms with E-state index in [2.05, 4.69) is 17.0 Å². The molecule has 5 heteroatoms. The third-order valence-corrected chi connectivity index (χ3v) is 3.92. The van der Waals surface area contributed by atoms with E-state index in [0.29, 0.717) is 11.4 Å². The van der Waals surface area contributed by atoms with Gasteiger partial charge in [0.05, 0.1) is 4.90 Å². The van der Waals surface area contributed by atoms with Crippen LogP contribution in [0.4, 0.5) is 0 Å². The molecule has 90 valence electrons. The van der Waals surface area contributed by atoms with Gasteiger partial charge in [0.1, 0.15) is 0 Å². The Bertz CT molecular complexity index is 455. The molecule has 0 fully saturated rings. The lowest BCUT2D eigenvalue weighted by molar-refractivity contribution is 0.588. The molecule has 0 amide bonds. The second-order valence-corrected chi connectivity index (χ2v) is 5.41. The van der Waals surface area contributed by atoms with Gasteiger partial charge in [0.2, 0.25) is 10.0 Å². The molecular weight excluding hydrogens is 224 g/mol. The molecule has 0 aliphatic rings. The van der Waals surface area contributed by atoms with E-state index in [1.165, 1.54) is 12.6 Å². The Morgan fingerprint density at radius 1 is 1.19 bits per heavy atom. The number of hydrogen-bond acceptors (Lipinski definition) is 3. The van der Waals surface area contributed by atoms with Gasteiger partial charge in [0.25, 0.3) is 0 Å². The van der Waals surface area contributed by atoms with Crippen molar-refractivity contribution in [3.63, 3.8) is 0 Å². The standard InChI is InChI=1S/C11H18N2O2S/c1-4-9-5-6-11(16(14,15)13-3)7-10(9)8-12-2/h5-7,12-13H,4,8H2,1-3H3. The van der Waals surface area contributed by atoms with Crippen molar-refractivity contribution >= 4 is 10.0 Å². The minimum atomic E-state index is -3.34. The Labute approximate surface area is 97.1 Å². The van der Waals surface area contributed by atoms with Gasteiger partial charge >= 0.3 is 0 Å². The van der Waals surface area contributed by atoms with Crippen LogP contribution < -0.4 is 10.0 Å². The third kappa shape index (κ3) is 2.81. The van der Waals surface area contributed by atoms with Crippen LogP contribution in [-0.2, 0) is 23.0 Å². The van der Waals surface area contributed by atoms with Gasteiger partial charge in [0, 0.05) is 6.54 Å². The molecule has 0 aliphatic carbocycles. The smallest absolute Gasteiger partial charge is 0.240 e. The lowest BCUT2D eigenvalue weighted by Crippen LogP contribution is -2.19. The Balaban J connectivity index is 3.21. The fraction of sp³-hybridized carbons (Fsp3) is 0.455. The van der Waals surface area contributed by atoms with Crippen molar-refractivity contribution in [2.24, 2.45) is 0 Å². The second-order valence-electron chi connectivity index (χ2n) is 3.52. The normalized spacial score (nSPS) is 11.7. The minimum Gasteiger partial charge on any atom is -0.316 e. The van der Waals surface area contributed by atoms with Gasteiger partial charge in [-0.1, -0.05) is 13.0 Å². The van der Waals surface area contributed by atoms with Crippen LogP contribution >= 0.6 is 0 Å². The van der Waals surface area contributed by atoms with E-state index in [4.69, 9.17) is 0 Å². The maximum atomic E-state index is 11.6. The first-order valence-corrected chi connectivity index (χ1v) is 6.73. The lowest BCUT2D eigenvalue weighted by atomic mass is 10.1. The van der Waals surface area contributed by atoms with Crippen molar-refractivity contribution in [2.75, 3.05) is 14.1 Å². The Morgan fingerprint density at radius 2 is 1.88 bits per heavy atom. The molecule has 0 saturated carbocycles. The topological polar surface area (TPSA) is 58.2 Å². The van der Waals surface area contributed by atoms with Crippen molar-refractivity contribution in [3.05, 3.63) is 29.3 Å². The quantitative estimate of drug-likeness (QED) is 0.805. The zero-order valence-corrected chi connectivity index (χ0v) is 10.7. The molecule has 0 atom stereocenters. The largest absolute Gasteiger partial charge is 0.316 e. The number of nitrogens with one attached hydrogen (secondary N) is 2. The summed E-state index contributed by atoms with van der Waals surface area (Å²) in [7, 11) is -0.0784. The first-order valence-electron chi connectivity index (χ1n) is 5.25. The van der Waals surface area contributed by atoms with E-state index < -0.39 is 10.0 Å². The van der Waals surface area contributed by atoms with Crippen LogP contribution in [0.5, 0.6) is 0 Å². The highest BCUT2D eigenvalue weighted by Crippen LogP contribution is 2.16. The molecule has 1 rings (SSSR count). The summed E-state index contributed by atoms with van der Waals surface area (Å²) in [4.78, 5) is 0.317. The van der Waals surface area contributed by atoms with E-state index in [1.807, 2.05) is 13.1 Å². The van der Waals surface area contributed by atoms with Gasteiger partial charge in [-0.05, 0) is 43.8 Å². The Morgan fingerprint density at radius 3 is 2.38 bits per heavy atom. The van der Waals surface area contributed by atoms with Crippen LogP contribution in [0.2, 0.25) is 0 Å². The van der Waals surface area contributed by atoms with Crippen molar-refractivity contribution in [1.82, 2.24) is 10.0 Å².